The average molecular weight is 460 g/mol. The third-order valence-electron chi connectivity index (χ3n) is 6.94. The monoisotopic (exact) mass is 460 g/mol. The normalized spacial score (nSPS) is 18.0. The number of nitrogens with zero attached hydrogens (tertiary/aromatic N) is 6. The lowest BCUT2D eigenvalue weighted by Gasteiger charge is -2.39. The fourth-order valence-electron chi connectivity index (χ4n) is 5.22. The highest BCUT2D eigenvalue weighted by Crippen LogP contribution is 2.39. The lowest BCUT2D eigenvalue weighted by atomic mass is 10.1. The molecule has 3 aromatic rings. The first-order valence-corrected chi connectivity index (χ1v) is 11.1. The lowest BCUT2D eigenvalue weighted by molar-refractivity contribution is -0.385. The number of nitro groups is 1. The Labute approximate surface area is 196 Å². The fraction of sp³-hybridized carbons (Fsp3) is 0.375. The van der Waals surface area contributed by atoms with Crippen LogP contribution >= 0.6 is 0 Å². The van der Waals surface area contributed by atoms with Gasteiger partial charge in [-0.25, -0.2) is 0 Å². The molecule has 1 aliphatic carbocycles. The molecule has 1 fully saturated rings. The van der Waals surface area contributed by atoms with E-state index in [0.717, 1.165) is 18.6 Å². The van der Waals surface area contributed by atoms with Gasteiger partial charge in [0.15, 0.2) is 5.69 Å². The summed E-state index contributed by atoms with van der Waals surface area (Å²) in [6.07, 6.45) is 2.03. The molecule has 1 aromatic carbocycles. The molecule has 34 heavy (non-hydrogen) atoms. The molecular formula is C24H24N6O4. The van der Waals surface area contributed by atoms with Gasteiger partial charge in [0.1, 0.15) is 5.75 Å². The van der Waals surface area contributed by atoms with Gasteiger partial charge in [0.05, 0.1) is 17.5 Å². The second kappa shape index (κ2) is 8.43. The summed E-state index contributed by atoms with van der Waals surface area (Å²) < 4.78 is 6.65. The SMILES string of the molecule is [C-]#[N+]c1ccc2c(n1)c(N1CCN(C3CCc4ccc(OC)cc43)CC1)c([N+](=O)[O-])c(=O)n2C. The first-order valence-electron chi connectivity index (χ1n) is 11.1. The van der Waals surface area contributed by atoms with Crippen LogP contribution in [0.15, 0.2) is 35.1 Å². The summed E-state index contributed by atoms with van der Waals surface area (Å²) in [6.45, 7) is 9.73. The van der Waals surface area contributed by atoms with Gasteiger partial charge in [-0.15, -0.1) is 4.98 Å². The zero-order valence-corrected chi connectivity index (χ0v) is 19.0. The predicted molar refractivity (Wildman–Crippen MR) is 128 cm³/mol. The molecule has 2 aromatic heterocycles. The quantitative estimate of drug-likeness (QED) is 0.335. The van der Waals surface area contributed by atoms with E-state index in [-0.39, 0.29) is 17.5 Å². The molecular weight excluding hydrogens is 436 g/mol. The molecule has 10 nitrogen and oxygen atoms in total. The second-order valence-electron chi connectivity index (χ2n) is 8.61. The topological polar surface area (TPSA) is 98.1 Å². The van der Waals surface area contributed by atoms with E-state index in [2.05, 4.69) is 26.9 Å². The van der Waals surface area contributed by atoms with Crippen molar-refractivity contribution < 1.29 is 9.66 Å². The van der Waals surface area contributed by atoms with E-state index in [4.69, 9.17) is 11.3 Å². The number of benzene rings is 1. The number of hydrogen-bond donors (Lipinski definition) is 0. The number of ether oxygens (including phenoxy) is 1. The van der Waals surface area contributed by atoms with Crippen molar-refractivity contribution in [3.05, 3.63) is 73.3 Å². The minimum absolute atomic E-state index is 0.136. The molecule has 1 atom stereocenters. The van der Waals surface area contributed by atoms with Crippen LogP contribution in [0.25, 0.3) is 15.9 Å². The summed E-state index contributed by atoms with van der Waals surface area (Å²) in [5, 5.41) is 12.0. The van der Waals surface area contributed by atoms with Gasteiger partial charge < -0.3 is 19.0 Å². The summed E-state index contributed by atoms with van der Waals surface area (Å²) in [6, 6.07) is 9.64. The number of fused-ring (bicyclic) bond motifs is 2. The Hall–Kier alpha value is -3.97. The third-order valence-corrected chi connectivity index (χ3v) is 6.94. The largest absolute Gasteiger partial charge is 0.497 e. The number of aryl methyl sites for hydroxylation is 2. The van der Waals surface area contributed by atoms with Crippen molar-refractivity contribution in [1.29, 1.82) is 0 Å². The maximum Gasteiger partial charge on any atom is 0.361 e. The van der Waals surface area contributed by atoms with Crippen LogP contribution in [-0.2, 0) is 13.5 Å². The van der Waals surface area contributed by atoms with E-state index < -0.39 is 16.2 Å². The first kappa shape index (κ1) is 21.9. The first-order chi connectivity index (χ1) is 16.4. The zero-order chi connectivity index (χ0) is 24.0. The second-order valence-corrected chi connectivity index (χ2v) is 8.61. The number of hydrogen-bond acceptors (Lipinski definition) is 7. The van der Waals surface area contributed by atoms with Crippen molar-refractivity contribution in [3.63, 3.8) is 0 Å². The molecule has 0 bridgehead atoms. The van der Waals surface area contributed by atoms with Gasteiger partial charge in [-0.05, 0) is 48.2 Å². The van der Waals surface area contributed by atoms with E-state index in [1.165, 1.54) is 28.8 Å². The Bertz CT molecular complexity index is 1400. The molecule has 3 heterocycles. The molecule has 0 saturated carbocycles. The number of methoxy groups -OCH3 is 1. The summed E-state index contributed by atoms with van der Waals surface area (Å²) in [7, 11) is 3.16. The van der Waals surface area contributed by atoms with Gasteiger partial charge in [0, 0.05) is 39.3 Å². The van der Waals surface area contributed by atoms with Crippen LogP contribution in [0.5, 0.6) is 5.75 Å². The molecule has 2 aliphatic rings. The lowest BCUT2D eigenvalue weighted by Crippen LogP contribution is -2.48. The molecule has 1 unspecified atom stereocenters. The van der Waals surface area contributed by atoms with E-state index in [9.17, 15) is 14.9 Å². The number of aromatic nitrogens is 2. The van der Waals surface area contributed by atoms with Gasteiger partial charge in [0.25, 0.3) is 5.82 Å². The van der Waals surface area contributed by atoms with E-state index in [1.54, 1.807) is 13.2 Å². The number of anilines is 1. The Morgan fingerprint density at radius 2 is 1.97 bits per heavy atom. The highest BCUT2D eigenvalue weighted by Gasteiger charge is 2.36. The van der Waals surface area contributed by atoms with Crippen molar-refractivity contribution >= 4 is 28.2 Å². The maximum atomic E-state index is 12.9. The highest BCUT2D eigenvalue weighted by molar-refractivity contribution is 5.94. The Kier molecular flexibility index (Phi) is 5.42. The van der Waals surface area contributed by atoms with Gasteiger partial charge in [-0.2, -0.15) is 0 Å². The van der Waals surface area contributed by atoms with Crippen molar-refractivity contribution in [2.75, 3.05) is 38.2 Å². The van der Waals surface area contributed by atoms with Crippen molar-refractivity contribution in [2.45, 2.75) is 18.9 Å². The average Bonchev–Trinajstić information content (AvgIpc) is 3.28. The smallest absolute Gasteiger partial charge is 0.361 e. The molecule has 174 valence electrons. The van der Waals surface area contributed by atoms with Gasteiger partial charge in [-0.1, -0.05) is 12.6 Å². The van der Waals surface area contributed by atoms with Crippen molar-refractivity contribution in [3.8, 4) is 5.75 Å². The Balaban J connectivity index is 1.50. The van der Waals surface area contributed by atoms with E-state index in [1.807, 2.05) is 11.0 Å². The molecule has 0 amide bonds. The Morgan fingerprint density at radius 1 is 1.21 bits per heavy atom. The van der Waals surface area contributed by atoms with E-state index in [0.29, 0.717) is 37.2 Å². The molecule has 10 heteroatoms. The van der Waals surface area contributed by atoms with Gasteiger partial charge in [0.2, 0.25) is 5.52 Å². The van der Waals surface area contributed by atoms with Crippen LogP contribution < -0.4 is 15.2 Å². The summed E-state index contributed by atoms with van der Waals surface area (Å²) in [4.78, 5) is 36.3. The van der Waals surface area contributed by atoms with Crippen LogP contribution in [-0.4, -0.2) is 52.7 Å². The molecule has 1 aliphatic heterocycles. The standard InChI is InChI=1S/C24H24N6O4/c1-25-20-9-8-19-21(26-20)22(23(30(32)33)24(31)27(19)2)29-12-10-28(11-13-29)18-7-5-15-4-6-16(34-3)14-17(15)18/h4,6,8-9,14,18H,5,7,10-13H2,2-3H3. The van der Waals surface area contributed by atoms with Gasteiger partial charge >= 0.3 is 11.2 Å². The fourth-order valence-corrected chi connectivity index (χ4v) is 5.22. The molecule has 0 spiro atoms. The molecule has 5 rings (SSSR count). The van der Waals surface area contributed by atoms with Crippen LogP contribution in [0.2, 0.25) is 0 Å². The molecule has 0 radical (unpaired) electrons. The van der Waals surface area contributed by atoms with E-state index >= 15 is 0 Å². The number of rotatable bonds is 4. The van der Waals surface area contributed by atoms with Crippen LogP contribution in [0, 0.1) is 16.7 Å². The predicted octanol–water partition coefficient (Wildman–Crippen LogP) is 3.21. The van der Waals surface area contributed by atoms with Crippen molar-refractivity contribution in [2.24, 2.45) is 7.05 Å². The zero-order valence-electron chi connectivity index (χ0n) is 19.0. The highest BCUT2D eigenvalue weighted by atomic mass is 16.6. The number of piperazine rings is 1. The minimum atomic E-state index is -0.677. The maximum absolute atomic E-state index is 12.9. The van der Waals surface area contributed by atoms with Crippen LogP contribution in [0.1, 0.15) is 23.6 Å². The third kappa shape index (κ3) is 3.45. The molecule has 0 N–H and O–H groups in total. The van der Waals surface area contributed by atoms with Crippen LogP contribution in [0.3, 0.4) is 0 Å². The van der Waals surface area contributed by atoms with Gasteiger partial charge in [-0.3, -0.25) is 19.8 Å². The Morgan fingerprint density at radius 3 is 2.65 bits per heavy atom. The molecule has 1 saturated heterocycles. The minimum Gasteiger partial charge on any atom is -0.497 e. The summed E-state index contributed by atoms with van der Waals surface area (Å²) in [5.41, 5.74) is 2.43. The number of pyridine rings is 2. The van der Waals surface area contributed by atoms with Crippen molar-refractivity contribution in [1.82, 2.24) is 14.5 Å². The summed E-state index contributed by atoms with van der Waals surface area (Å²) in [5.74, 6) is 0.977. The summed E-state index contributed by atoms with van der Waals surface area (Å²) >= 11 is 0. The van der Waals surface area contributed by atoms with Crippen LogP contribution in [0.4, 0.5) is 17.2 Å².